The fourth-order valence-corrected chi connectivity index (χ4v) is 3.82. The van der Waals surface area contributed by atoms with Crippen LogP contribution in [-0.4, -0.2) is 81.6 Å². The quantitative estimate of drug-likeness (QED) is 0.635. The van der Waals surface area contributed by atoms with Crippen molar-refractivity contribution in [1.82, 2.24) is 15.1 Å². The van der Waals surface area contributed by atoms with E-state index in [1.165, 1.54) is 45.6 Å². The number of nitrogens with zero attached hydrogens (tertiary/aromatic N) is 2. The maximum atomic E-state index is 13.2. The molecule has 0 unspecified atom stereocenters. The monoisotopic (exact) mass is 493 g/mol. The van der Waals surface area contributed by atoms with E-state index in [0.717, 1.165) is 6.07 Å². The third-order valence-corrected chi connectivity index (χ3v) is 5.72. The number of rotatable bonds is 7. The van der Waals surface area contributed by atoms with Crippen molar-refractivity contribution < 1.29 is 33.0 Å². The Morgan fingerprint density at radius 2 is 1.53 bits per heavy atom. The molecule has 1 N–H and O–H groups in total. The van der Waals surface area contributed by atoms with Crippen LogP contribution in [0.25, 0.3) is 0 Å². The smallest absolute Gasteiger partial charge is 0.255 e. The zero-order chi connectivity index (χ0) is 24.8. The van der Waals surface area contributed by atoms with Gasteiger partial charge in [-0.1, -0.05) is 11.6 Å². The Labute approximate surface area is 201 Å². The Bertz CT molecular complexity index is 1060. The van der Waals surface area contributed by atoms with Gasteiger partial charge in [-0.05, 0) is 30.3 Å². The molecular weight excluding hydrogens is 469 g/mol. The van der Waals surface area contributed by atoms with E-state index in [0.29, 0.717) is 43.4 Å². The molecule has 0 spiro atoms. The summed E-state index contributed by atoms with van der Waals surface area (Å²) in [5, 5.41) is 2.63. The van der Waals surface area contributed by atoms with Crippen molar-refractivity contribution >= 4 is 29.3 Å². The Balaban J connectivity index is 1.55. The van der Waals surface area contributed by atoms with Crippen LogP contribution in [0.15, 0.2) is 30.3 Å². The van der Waals surface area contributed by atoms with Gasteiger partial charge < -0.3 is 29.3 Å². The third-order valence-electron chi connectivity index (χ3n) is 5.41. The highest BCUT2D eigenvalue weighted by Gasteiger charge is 2.26. The number of piperazine rings is 1. The number of methoxy groups -OCH3 is 3. The number of benzene rings is 2. The highest BCUT2D eigenvalue weighted by atomic mass is 35.5. The summed E-state index contributed by atoms with van der Waals surface area (Å²) in [5.41, 5.74) is 0.453. The second-order valence-corrected chi connectivity index (χ2v) is 7.80. The van der Waals surface area contributed by atoms with Crippen LogP contribution in [0.1, 0.15) is 20.7 Å². The minimum atomic E-state index is -0.523. The molecule has 0 saturated carbocycles. The summed E-state index contributed by atoms with van der Waals surface area (Å²) in [4.78, 5) is 41.0. The highest BCUT2D eigenvalue weighted by Crippen LogP contribution is 2.38. The van der Waals surface area contributed by atoms with Crippen molar-refractivity contribution in [3.8, 4) is 17.2 Å². The van der Waals surface area contributed by atoms with Gasteiger partial charge in [0.15, 0.2) is 11.5 Å². The molecule has 182 valence electrons. The molecule has 34 heavy (non-hydrogen) atoms. The van der Waals surface area contributed by atoms with Crippen molar-refractivity contribution in [1.29, 1.82) is 0 Å². The molecule has 0 bridgehead atoms. The van der Waals surface area contributed by atoms with E-state index in [1.54, 1.807) is 9.80 Å². The molecule has 9 nitrogen and oxygen atoms in total. The molecule has 2 aromatic rings. The van der Waals surface area contributed by atoms with Gasteiger partial charge in [0.25, 0.3) is 11.8 Å². The van der Waals surface area contributed by atoms with Gasteiger partial charge in [-0.25, -0.2) is 4.39 Å². The summed E-state index contributed by atoms with van der Waals surface area (Å²) in [5.74, 6) is -0.619. The molecule has 2 aromatic carbocycles. The van der Waals surface area contributed by atoms with E-state index in [2.05, 4.69) is 5.32 Å². The van der Waals surface area contributed by atoms with Crippen LogP contribution in [0, 0.1) is 5.82 Å². The summed E-state index contributed by atoms with van der Waals surface area (Å²) in [6.45, 7) is 0.957. The number of hydrogen-bond acceptors (Lipinski definition) is 6. The highest BCUT2D eigenvalue weighted by molar-refractivity contribution is 6.33. The van der Waals surface area contributed by atoms with Crippen LogP contribution >= 0.6 is 11.6 Å². The molecule has 1 aliphatic rings. The predicted molar refractivity (Wildman–Crippen MR) is 122 cm³/mol. The first-order chi connectivity index (χ1) is 16.3. The Morgan fingerprint density at radius 1 is 0.941 bits per heavy atom. The lowest BCUT2D eigenvalue weighted by atomic mass is 10.1. The Morgan fingerprint density at radius 3 is 2.06 bits per heavy atom. The van der Waals surface area contributed by atoms with E-state index in [4.69, 9.17) is 25.8 Å². The first kappa shape index (κ1) is 25.1. The molecule has 1 fully saturated rings. The van der Waals surface area contributed by atoms with Crippen LogP contribution in [0.4, 0.5) is 4.39 Å². The SMILES string of the molecule is COc1cc(C(=O)NCC(=O)N2CCN(C(=O)c3ccc(F)cc3Cl)CC2)cc(OC)c1OC. The molecule has 1 saturated heterocycles. The summed E-state index contributed by atoms with van der Waals surface area (Å²) < 4.78 is 29.0. The molecule has 11 heteroatoms. The first-order valence-corrected chi connectivity index (χ1v) is 10.8. The Kier molecular flexibility index (Phi) is 8.17. The summed E-state index contributed by atoms with van der Waals surface area (Å²) in [6.07, 6.45) is 0. The van der Waals surface area contributed by atoms with Crippen LogP contribution in [0.5, 0.6) is 17.2 Å². The van der Waals surface area contributed by atoms with Crippen molar-refractivity contribution in [2.24, 2.45) is 0 Å². The number of carbonyl (C=O) groups excluding carboxylic acids is 3. The van der Waals surface area contributed by atoms with Gasteiger partial charge in [-0.2, -0.15) is 0 Å². The maximum absolute atomic E-state index is 13.2. The van der Waals surface area contributed by atoms with Crippen molar-refractivity contribution in [2.75, 3.05) is 54.1 Å². The summed E-state index contributed by atoms with van der Waals surface area (Å²) >= 11 is 5.98. The van der Waals surface area contributed by atoms with E-state index in [9.17, 15) is 18.8 Å². The normalized spacial score (nSPS) is 13.3. The second-order valence-electron chi connectivity index (χ2n) is 7.39. The van der Waals surface area contributed by atoms with Gasteiger partial charge in [0, 0.05) is 31.7 Å². The summed E-state index contributed by atoms with van der Waals surface area (Å²) in [7, 11) is 4.34. The predicted octanol–water partition coefficient (Wildman–Crippen LogP) is 2.22. The second kappa shape index (κ2) is 11.1. The van der Waals surface area contributed by atoms with Gasteiger partial charge in [0.05, 0.1) is 38.5 Å². The molecule has 1 aliphatic heterocycles. The molecular formula is C23H25ClFN3O6. The number of ether oxygens (including phenoxy) is 3. The number of amides is 3. The molecule has 3 amide bonds. The average molecular weight is 494 g/mol. The van der Waals surface area contributed by atoms with Crippen LogP contribution in [-0.2, 0) is 4.79 Å². The largest absolute Gasteiger partial charge is 0.493 e. The zero-order valence-corrected chi connectivity index (χ0v) is 19.8. The lowest BCUT2D eigenvalue weighted by Gasteiger charge is -2.35. The number of nitrogens with one attached hydrogen (secondary N) is 1. The lowest BCUT2D eigenvalue weighted by molar-refractivity contribution is -0.131. The third kappa shape index (κ3) is 5.51. The van der Waals surface area contributed by atoms with Crippen molar-refractivity contribution in [3.63, 3.8) is 0 Å². The van der Waals surface area contributed by atoms with Gasteiger partial charge >= 0.3 is 0 Å². The number of carbonyl (C=O) groups is 3. The first-order valence-electron chi connectivity index (χ1n) is 10.4. The topological polar surface area (TPSA) is 97.4 Å². The van der Waals surface area contributed by atoms with Gasteiger partial charge in [-0.3, -0.25) is 14.4 Å². The minimum Gasteiger partial charge on any atom is -0.493 e. The van der Waals surface area contributed by atoms with Crippen molar-refractivity contribution in [2.45, 2.75) is 0 Å². The standard InChI is InChI=1S/C23H25ClFN3O6/c1-32-18-10-14(11-19(33-2)21(18)34-3)22(30)26-13-20(29)27-6-8-28(9-7-27)23(31)16-5-4-15(25)12-17(16)24/h4-5,10-12H,6-9,13H2,1-3H3,(H,26,30). The van der Waals surface area contributed by atoms with Gasteiger partial charge in [0.1, 0.15) is 5.82 Å². The maximum Gasteiger partial charge on any atom is 0.255 e. The summed E-state index contributed by atoms with van der Waals surface area (Å²) in [6, 6.07) is 6.59. The van der Waals surface area contributed by atoms with Crippen LogP contribution in [0.2, 0.25) is 5.02 Å². The van der Waals surface area contributed by atoms with Gasteiger partial charge in [-0.15, -0.1) is 0 Å². The molecule has 0 atom stereocenters. The lowest BCUT2D eigenvalue weighted by Crippen LogP contribution is -2.52. The molecule has 0 aliphatic carbocycles. The van der Waals surface area contributed by atoms with E-state index >= 15 is 0 Å². The van der Waals surface area contributed by atoms with Crippen LogP contribution in [0.3, 0.4) is 0 Å². The van der Waals surface area contributed by atoms with Gasteiger partial charge in [0.2, 0.25) is 11.7 Å². The fraction of sp³-hybridized carbons (Fsp3) is 0.348. The van der Waals surface area contributed by atoms with E-state index in [-0.39, 0.29) is 34.5 Å². The van der Waals surface area contributed by atoms with E-state index < -0.39 is 11.7 Å². The molecule has 1 heterocycles. The van der Waals surface area contributed by atoms with Crippen molar-refractivity contribution in [3.05, 3.63) is 52.3 Å². The number of halogens is 2. The van der Waals surface area contributed by atoms with Crippen LogP contribution < -0.4 is 19.5 Å². The molecule has 0 aromatic heterocycles. The fourth-order valence-electron chi connectivity index (χ4n) is 3.57. The molecule has 0 radical (unpaired) electrons. The minimum absolute atomic E-state index is 0.0398. The Hall–Kier alpha value is -3.53. The number of hydrogen-bond donors (Lipinski definition) is 1. The average Bonchev–Trinajstić information content (AvgIpc) is 2.85. The van der Waals surface area contributed by atoms with E-state index in [1.807, 2.05) is 0 Å². The molecule has 3 rings (SSSR count). The zero-order valence-electron chi connectivity index (χ0n) is 19.0.